The zero-order valence-corrected chi connectivity index (χ0v) is 15.8. The van der Waals surface area contributed by atoms with Crippen LogP contribution >= 0.6 is 0 Å². The van der Waals surface area contributed by atoms with Gasteiger partial charge in [-0.15, -0.1) is 0 Å². The van der Waals surface area contributed by atoms with Crippen LogP contribution in [0.3, 0.4) is 0 Å². The first-order valence-corrected chi connectivity index (χ1v) is 10.6. The number of ether oxygens (including phenoxy) is 1. The van der Waals surface area contributed by atoms with E-state index in [1.165, 1.54) is 29.8 Å². The van der Waals surface area contributed by atoms with Crippen molar-refractivity contribution in [1.29, 1.82) is 0 Å². The largest absolute Gasteiger partial charge is 0.452 e. The van der Waals surface area contributed by atoms with Gasteiger partial charge in [0.2, 0.25) is 0 Å². The normalized spacial score (nSPS) is 16.3. The van der Waals surface area contributed by atoms with Crippen molar-refractivity contribution in [1.82, 2.24) is 5.32 Å². The second kappa shape index (κ2) is 7.92. The number of rotatable bonds is 5. The molecular formula is C20H21NO5S. The molecule has 2 aromatic rings. The monoisotopic (exact) mass is 387 g/mol. The van der Waals surface area contributed by atoms with E-state index in [2.05, 4.69) is 11.4 Å². The number of hydrogen-bond acceptors (Lipinski definition) is 5. The van der Waals surface area contributed by atoms with E-state index in [9.17, 15) is 18.0 Å². The average Bonchev–Trinajstić information content (AvgIpc) is 2.66. The highest BCUT2D eigenvalue weighted by Gasteiger charge is 2.22. The Bertz CT molecular complexity index is 951. The Morgan fingerprint density at radius 2 is 1.81 bits per heavy atom. The lowest BCUT2D eigenvalue weighted by Crippen LogP contribution is -2.34. The standard InChI is InChI=1S/C20H21NO5S/c1-27(24,25)16-11-9-15(10-12-16)20(23)26-13-19(22)21-18-8-4-6-14-5-2-3-7-17(14)18/h2-3,5,7,9-12,18H,4,6,8,13H2,1H3,(H,21,22). The van der Waals surface area contributed by atoms with Gasteiger partial charge in [0.25, 0.3) is 5.91 Å². The van der Waals surface area contributed by atoms with E-state index in [4.69, 9.17) is 4.74 Å². The number of fused-ring (bicyclic) bond motifs is 1. The molecule has 7 heteroatoms. The third-order valence-electron chi connectivity index (χ3n) is 4.56. The van der Waals surface area contributed by atoms with Crippen LogP contribution in [0.5, 0.6) is 0 Å². The van der Waals surface area contributed by atoms with Crippen molar-refractivity contribution in [3.63, 3.8) is 0 Å². The molecule has 0 saturated carbocycles. The molecule has 0 heterocycles. The summed E-state index contributed by atoms with van der Waals surface area (Å²) >= 11 is 0. The summed E-state index contributed by atoms with van der Waals surface area (Å²) in [5.41, 5.74) is 2.54. The first-order valence-electron chi connectivity index (χ1n) is 8.69. The smallest absolute Gasteiger partial charge is 0.338 e. The maximum atomic E-state index is 12.2. The van der Waals surface area contributed by atoms with Crippen LogP contribution in [0.25, 0.3) is 0 Å². The molecule has 0 aromatic heterocycles. The van der Waals surface area contributed by atoms with Crippen LogP contribution in [0.15, 0.2) is 53.4 Å². The van der Waals surface area contributed by atoms with Crippen LogP contribution in [0.2, 0.25) is 0 Å². The van der Waals surface area contributed by atoms with Gasteiger partial charge in [0.1, 0.15) is 0 Å². The van der Waals surface area contributed by atoms with Crippen molar-refractivity contribution in [3.05, 3.63) is 65.2 Å². The average molecular weight is 387 g/mol. The van der Waals surface area contributed by atoms with Crippen LogP contribution in [0.1, 0.15) is 40.4 Å². The van der Waals surface area contributed by atoms with Crippen molar-refractivity contribution in [2.45, 2.75) is 30.2 Å². The number of carbonyl (C=O) groups excluding carboxylic acids is 2. The van der Waals surface area contributed by atoms with E-state index in [1.54, 1.807) is 0 Å². The van der Waals surface area contributed by atoms with Crippen LogP contribution in [0.4, 0.5) is 0 Å². The minimum absolute atomic E-state index is 0.0739. The summed E-state index contributed by atoms with van der Waals surface area (Å²) in [4.78, 5) is 24.3. The molecule has 0 spiro atoms. The first-order chi connectivity index (χ1) is 12.8. The lowest BCUT2D eigenvalue weighted by molar-refractivity contribution is -0.125. The summed E-state index contributed by atoms with van der Waals surface area (Å²) in [5.74, 6) is -1.04. The van der Waals surface area contributed by atoms with Crippen LogP contribution in [0, 0.1) is 0 Å². The van der Waals surface area contributed by atoms with Gasteiger partial charge in [-0.2, -0.15) is 0 Å². The van der Waals surface area contributed by atoms with E-state index in [0.717, 1.165) is 31.1 Å². The number of nitrogens with one attached hydrogen (secondary N) is 1. The predicted octanol–water partition coefficient (Wildman–Crippen LogP) is 2.44. The molecule has 1 aliphatic rings. The number of hydrogen-bond donors (Lipinski definition) is 1. The van der Waals surface area contributed by atoms with Crippen molar-refractivity contribution >= 4 is 21.7 Å². The van der Waals surface area contributed by atoms with Gasteiger partial charge in [0.15, 0.2) is 16.4 Å². The summed E-state index contributed by atoms with van der Waals surface area (Å²) < 4.78 is 27.9. The second-order valence-corrected chi connectivity index (χ2v) is 8.60. The molecule has 6 nitrogen and oxygen atoms in total. The zero-order valence-electron chi connectivity index (χ0n) is 15.0. The Morgan fingerprint density at radius 1 is 1.11 bits per heavy atom. The highest BCUT2D eigenvalue weighted by Crippen LogP contribution is 2.29. The van der Waals surface area contributed by atoms with Crippen molar-refractivity contribution in [2.24, 2.45) is 0 Å². The molecule has 0 radical (unpaired) electrons. The van der Waals surface area contributed by atoms with Gasteiger partial charge in [0, 0.05) is 6.26 Å². The Kier molecular flexibility index (Phi) is 5.60. The Morgan fingerprint density at radius 3 is 2.52 bits per heavy atom. The highest BCUT2D eigenvalue weighted by molar-refractivity contribution is 7.90. The van der Waals surface area contributed by atoms with Gasteiger partial charge in [-0.05, 0) is 54.7 Å². The van der Waals surface area contributed by atoms with Gasteiger partial charge < -0.3 is 10.1 Å². The lowest BCUT2D eigenvalue weighted by Gasteiger charge is -2.26. The van der Waals surface area contributed by atoms with Gasteiger partial charge in [-0.25, -0.2) is 13.2 Å². The van der Waals surface area contributed by atoms with Gasteiger partial charge in [-0.3, -0.25) is 4.79 Å². The number of esters is 1. The van der Waals surface area contributed by atoms with E-state index in [-0.39, 0.29) is 29.0 Å². The summed E-state index contributed by atoms with van der Waals surface area (Å²) in [5, 5.41) is 2.92. The number of benzene rings is 2. The van der Waals surface area contributed by atoms with Crippen molar-refractivity contribution in [2.75, 3.05) is 12.9 Å². The Labute approximate surface area is 158 Å². The second-order valence-electron chi connectivity index (χ2n) is 6.58. The molecule has 2 aromatic carbocycles. The molecule has 0 saturated heterocycles. The molecule has 1 N–H and O–H groups in total. The molecule has 1 atom stereocenters. The van der Waals surface area contributed by atoms with Gasteiger partial charge >= 0.3 is 5.97 Å². The topological polar surface area (TPSA) is 89.5 Å². The van der Waals surface area contributed by atoms with Crippen LogP contribution in [-0.4, -0.2) is 33.2 Å². The Balaban J connectivity index is 1.56. The van der Waals surface area contributed by atoms with E-state index < -0.39 is 15.8 Å². The lowest BCUT2D eigenvalue weighted by atomic mass is 9.88. The quantitative estimate of drug-likeness (QED) is 0.796. The molecule has 0 aliphatic heterocycles. The van der Waals surface area contributed by atoms with Crippen LogP contribution < -0.4 is 5.32 Å². The molecule has 3 rings (SSSR count). The molecular weight excluding hydrogens is 366 g/mol. The minimum atomic E-state index is -3.33. The molecule has 1 aliphatic carbocycles. The van der Waals surface area contributed by atoms with Crippen molar-refractivity contribution < 1.29 is 22.7 Å². The number of aryl methyl sites for hydroxylation is 1. The minimum Gasteiger partial charge on any atom is -0.452 e. The highest BCUT2D eigenvalue weighted by atomic mass is 32.2. The third-order valence-corrected chi connectivity index (χ3v) is 5.69. The molecule has 142 valence electrons. The van der Waals surface area contributed by atoms with Crippen molar-refractivity contribution in [3.8, 4) is 0 Å². The predicted molar refractivity (Wildman–Crippen MR) is 100 cm³/mol. The zero-order chi connectivity index (χ0) is 19.4. The summed E-state index contributed by atoms with van der Waals surface area (Å²) in [6.45, 7) is -0.384. The molecule has 27 heavy (non-hydrogen) atoms. The maximum absolute atomic E-state index is 12.2. The third kappa shape index (κ3) is 4.74. The molecule has 0 fully saturated rings. The number of amides is 1. The van der Waals surface area contributed by atoms with Gasteiger partial charge in [0.05, 0.1) is 16.5 Å². The van der Waals surface area contributed by atoms with Crippen LogP contribution in [-0.2, 0) is 25.8 Å². The maximum Gasteiger partial charge on any atom is 0.338 e. The summed E-state index contributed by atoms with van der Waals surface area (Å²) in [6, 6.07) is 13.3. The number of sulfone groups is 1. The first kappa shape index (κ1) is 19.1. The van der Waals surface area contributed by atoms with E-state index in [0.29, 0.717) is 0 Å². The fraction of sp³-hybridized carbons (Fsp3) is 0.300. The summed E-state index contributed by atoms with van der Waals surface area (Å²) in [7, 11) is -3.33. The molecule has 0 bridgehead atoms. The molecule has 1 unspecified atom stereocenters. The number of carbonyl (C=O) groups is 2. The molecule has 1 amide bonds. The van der Waals surface area contributed by atoms with E-state index in [1.807, 2.05) is 18.2 Å². The van der Waals surface area contributed by atoms with Gasteiger partial charge in [-0.1, -0.05) is 24.3 Å². The Hall–Kier alpha value is -2.67. The fourth-order valence-corrected chi connectivity index (χ4v) is 3.82. The van der Waals surface area contributed by atoms with E-state index >= 15 is 0 Å². The fourth-order valence-electron chi connectivity index (χ4n) is 3.19. The summed E-state index contributed by atoms with van der Waals surface area (Å²) in [6.07, 6.45) is 3.94. The SMILES string of the molecule is CS(=O)(=O)c1ccc(C(=O)OCC(=O)NC2CCCc3ccccc32)cc1.